The maximum atomic E-state index is 11.1. The molecule has 2 aliphatic rings. The van der Waals surface area contributed by atoms with Crippen molar-refractivity contribution in [3.63, 3.8) is 0 Å². The van der Waals surface area contributed by atoms with E-state index in [0.717, 1.165) is 38.5 Å². The molecule has 1 saturated carbocycles. The highest BCUT2D eigenvalue weighted by Crippen LogP contribution is 2.53. The van der Waals surface area contributed by atoms with Gasteiger partial charge in [-0.25, -0.2) is 0 Å². The van der Waals surface area contributed by atoms with Crippen LogP contribution in [0.25, 0.3) is 0 Å². The number of hydrogen-bond donors (Lipinski definition) is 1. The van der Waals surface area contributed by atoms with Crippen LogP contribution in [0.15, 0.2) is 0 Å². The van der Waals surface area contributed by atoms with E-state index in [2.05, 4.69) is 19.9 Å². The number of hydrogen-bond acceptors (Lipinski definition) is 3. The van der Waals surface area contributed by atoms with Gasteiger partial charge < -0.3 is 9.84 Å². The Balaban J connectivity index is 2.15. The summed E-state index contributed by atoms with van der Waals surface area (Å²) in [6.07, 6.45) is 7.39. The Kier molecular flexibility index (Phi) is 4.53. The molecule has 1 aliphatic heterocycles. The molecule has 0 aromatic heterocycles. The van der Waals surface area contributed by atoms with Gasteiger partial charge >= 0.3 is 0 Å². The zero-order chi connectivity index (χ0) is 13.9. The van der Waals surface area contributed by atoms with E-state index in [1.54, 1.807) is 0 Å². The van der Waals surface area contributed by atoms with E-state index >= 15 is 0 Å². The summed E-state index contributed by atoms with van der Waals surface area (Å²) in [7, 11) is 0. The molecule has 1 N–H and O–H groups in total. The minimum absolute atomic E-state index is 0.134. The Morgan fingerprint density at radius 1 is 1.32 bits per heavy atom. The SMILES string of the molecule is CCCC1CC(O)(C2(C#N)CCC(CC)C2)CCO1. The van der Waals surface area contributed by atoms with Crippen molar-refractivity contribution in [3.8, 4) is 6.07 Å². The molecule has 108 valence electrons. The van der Waals surface area contributed by atoms with E-state index in [9.17, 15) is 10.4 Å². The molecular formula is C16H27NO2. The molecule has 0 aromatic carbocycles. The van der Waals surface area contributed by atoms with Gasteiger partial charge in [0.05, 0.1) is 23.2 Å². The molecule has 2 rings (SSSR count). The van der Waals surface area contributed by atoms with Crippen LogP contribution in [0, 0.1) is 22.7 Å². The standard InChI is InChI=1S/C16H27NO2/c1-3-5-14-11-16(18,8-9-19-14)15(12-17)7-6-13(4-2)10-15/h13-14,18H,3-11H2,1-2H3. The van der Waals surface area contributed by atoms with E-state index in [-0.39, 0.29) is 6.10 Å². The molecule has 4 atom stereocenters. The Bertz CT molecular complexity index is 349. The van der Waals surface area contributed by atoms with Crippen LogP contribution in [0.3, 0.4) is 0 Å². The molecular weight excluding hydrogens is 238 g/mol. The van der Waals surface area contributed by atoms with E-state index in [1.165, 1.54) is 0 Å². The van der Waals surface area contributed by atoms with Gasteiger partial charge in [-0.3, -0.25) is 0 Å². The first-order valence-electron chi connectivity index (χ1n) is 7.84. The molecule has 0 spiro atoms. The Hall–Kier alpha value is -0.590. The predicted molar refractivity (Wildman–Crippen MR) is 74.5 cm³/mol. The van der Waals surface area contributed by atoms with Gasteiger partial charge in [0.25, 0.3) is 0 Å². The second-order valence-electron chi connectivity index (χ2n) is 6.48. The van der Waals surface area contributed by atoms with Crippen LogP contribution < -0.4 is 0 Å². The third-order valence-electron chi connectivity index (χ3n) is 5.34. The van der Waals surface area contributed by atoms with Crippen molar-refractivity contribution in [1.82, 2.24) is 0 Å². The third-order valence-corrected chi connectivity index (χ3v) is 5.34. The molecule has 0 bridgehead atoms. The Labute approximate surface area is 117 Å². The fourth-order valence-corrected chi connectivity index (χ4v) is 4.00. The largest absolute Gasteiger partial charge is 0.388 e. The zero-order valence-electron chi connectivity index (χ0n) is 12.3. The highest BCUT2D eigenvalue weighted by Gasteiger charge is 2.55. The van der Waals surface area contributed by atoms with Crippen LogP contribution >= 0.6 is 0 Å². The lowest BCUT2D eigenvalue weighted by Crippen LogP contribution is -2.52. The normalized spacial score (nSPS) is 43.1. The lowest BCUT2D eigenvalue weighted by Gasteiger charge is -2.45. The summed E-state index contributed by atoms with van der Waals surface area (Å²) >= 11 is 0. The maximum absolute atomic E-state index is 11.1. The van der Waals surface area contributed by atoms with E-state index in [0.29, 0.717) is 25.4 Å². The number of rotatable bonds is 4. The molecule has 19 heavy (non-hydrogen) atoms. The second-order valence-corrected chi connectivity index (χ2v) is 6.48. The first-order chi connectivity index (χ1) is 9.09. The van der Waals surface area contributed by atoms with Crippen molar-refractivity contribution < 1.29 is 9.84 Å². The third kappa shape index (κ3) is 2.66. The van der Waals surface area contributed by atoms with Crippen LogP contribution in [0.2, 0.25) is 0 Å². The molecule has 4 unspecified atom stereocenters. The summed E-state index contributed by atoms with van der Waals surface area (Å²) in [6.45, 7) is 4.92. The highest BCUT2D eigenvalue weighted by molar-refractivity contribution is 5.16. The van der Waals surface area contributed by atoms with Crippen LogP contribution in [0.5, 0.6) is 0 Å². The van der Waals surface area contributed by atoms with Crippen molar-refractivity contribution in [2.45, 2.75) is 76.9 Å². The van der Waals surface area contributed by atoms with E-state index in [1.807, 2.05) is 0 Å². The minimum atomic E-state index is -0.830. The summed E-state index contributed by atoms with van der Waals surface area (Å²) in [6, 6.07) is 2.51. The topological polar surface area (TPSA) is 53.2 Å². The fourth-order valence-electron chi connectivity index (χ4n) is 4.00. The van der Waals surface area contributed by atoms with Gasteiger partial charge in [0.2, 0.25) is 0 Å². The molecule has 1 heterocycles. The van der Waals surface area contributed by atoms with Crippen LogP contribution in [0.4, 0.5) is 0 Å². The molecule has 3 nitrogen and oxygen atoms in total. The predicted octanol–water partition coefficient (Wildman–Crippen LogP) is 3.42. The molecule has 0 radical (unpaired) electrons. The van der Waals surface area contributed by atoms with Gasteiger partial charge in [0.15, 0.2) is 0 Å². The van der Waals surface area contributed by atoms with E-state index < -0.39 is 11.0 Å². The Morgan fingerprint density at radius 2 is 2.11 bits per heavy atom. The first kappa shape index (κ1) is 14.8. The van der Waals surface area contributed by atoms with Crippen molar-refractivity contribution in [2.24, 2.45) is 11.3 Å². The second kappa shape index (κ2) is 5.81. The average molecular weight is 265 g/mol. The van der Waals surface area contributed by atoms with Crippen LogP contribution in [0.1, 0.15) is 65.2 Å². The van der Waals surface area contributed by atoms with Crippen molar-refractivity contribution in [1.29, 1.82) is 5.26 Å². The van der Waals surface area contributed by atoms with Gasteiger partial charge in [-0.1, -0.05) is 26.7 Å². The Morgan fingerprint density at radius 3 is 2.68 bits per heavy atom. The fraction of sp³-hybridized carbons (Fsp3) is 0.938. The van der Waals surface area contributed by atoms with Crippen molar-refractivity contribution in [2.75, 3.05) is 6.61 Å². The van der Waals surface area contributed by atoms with Gasteiger partial charge in [0.1, 0.15) is 0 Å². The first-order valence-corrected chi connectivity index (χ1v) is 7.84. The minimum Gasteiger partial charge on any atom is -0.388 e. The molecule has 1 saturated heterocycles. The molecule has 0 amide bonds. The van der Waals surface area contributed by atoms with E-state index in [4.69, 9.17) is 4.74 Å². The van der Waals surface area contributed by atoms with Crippen molar-refractivity contribution >= 4 is 0 Å². The van der Waals surface area contributed by atoms with Gasteiger partial charge in [-0.05, 0) is 31.6 Å². The summed E-state index contributed by atoms with van der Waals surface area (Å²) in [5.74, 6) is 0.608. The lowest BCUT2D eigenvalue weighted by atomic mass is 9.66. The number of nitrogens with zero attached hydrogens (tertiary/aromatic N) is 1. The molecule has 2 fully saturated rings. The van der Waals surface area contributed by atoms with Crippen molar-refractivity contribution in [3.05, 3.63) is 0 Å². The van der Waals surface area contributed by atoms with Gasteiger partial charge in [-0.15, -0.1) is 0 Å². The number of ether oxygens (including phenoxy) is 1. The molecule has 0 aromatic rings. The maximum Gasteiger partial charge on any atom is 0.0879 e. The quantitative estimate of drug-likeness (QED) is 0.847. The summed E-state index contributed by atoms with van der Waals surface area (Å²) in [4.78, 5) is 0. The molecule has 1 aliphatic carbocycles. The average Bonchev–Trinajstić information content (AvgIpc) is 2.85. The monoisotopic (exact) mass is 265 g/mol. The smallest absolute Gasteiger partial charge is 0.0879 e. The van der Waals surface area contributed by atoms with Gasteiger partial charge in [0, 0.05) is 19.4 Å². The summed E-state index contributed by atoms with van der Waals surface area (Å²) in [5.41, 5.74) is -1.35. The number of nitriles is 1. The lowest BCUT2D eigenvalue weighted by molar-refractivity contribution is -0.152. The number of aliphatic hydroxyl groups is 1. The highest BCUT2D eigenvalue weighted by atomic mass is 16.5. The van der Waals surface area contributed by atoms with Crippen LogP contribution in [-0.2, 0) is 4.74 Å². The van der Waals surface area contributed by atoms with Gasteiger partial charge in [-0.2, -0.15) is 5.26 Å². The van der Waals surface area contributed by atoms with Crippen LogP contribution in [-0.4, -0.2) is 23.4 Å². The summed E-state index contributed by atoms with van der Waals surface area (Å²) < 4.78 is 5.75. The zero-order valence-corrected chi connectivity index (χ0v) is 12.3. The molecule has 3 heteroatoms. The summed E-state index contributed by atoms with van der Waals surface area (Å²) in [5, 5.41) is 20.8.